The number of carbonyl (C=O) groups is 1. The van der Waals surface area contributed by atoms with Gasteiger partial charge in [0.05, 0.1) is 12.7 Å². The van der Waals surface area contributed by atoms with Gasteiger partial charge in [-0.1, -0.05) is 48.5 Å². The molecule has 2 heterocycles. The monoisotopic (exact) mass is 570 g/mol. The van der Waals surface area contributed by atoms with Crippen molar-refractivity contribution in [2.45, 2.75) is 50.8 Å². The van der Waals surface area contributed by atoms with Gasteiger partial charge in [-0.25, -0.2) is 9.36 Å². The Balaban J connectivity index is 1.28. The molecule has 0 bridgehead atoms. The molecule has 1 saturated heterocycles. The topological polar surface area (TPSA) is 164 Å². The SMILES string of the molecule is C[C@H](NP(=O)(OC[C@H]1O[C@@H](n2ccc(N)nc2=O)C2(CC2)[C@@H]1O)Oc1ccccc1)C(=O)OCc1ccccc1. The summed E-state index contributed by atoms with van der Waals surface area (Å²) in [6, 6.07) is 17.9. The van der Waals surface area contributed by atoms with Crippen LogP contribution < -0.4 is 21.0 Å². The van der Waals surface area contributed by atoms with E-state index in [1.54, 1.807) is 30.3 Å². The number of aliphatic hydroxyl groups is 1. The van der Waals surface area contributed by atoms with Crippen LogP contribution in [0.5, 0.6) is 5.75 Å². The highest BCUT2D eigenvalue weighted by molar-refractivity contribution is 7.52. The van der Waals surface area contributed by atoms with Gasteiger partial charge in [0.2, 0.25) is 0 Å². The second-order valence-electron chi connectivity index (χ2n) is 9.89. The summed E-state index contributed by atoms with van der Waals surface area (Å²) in [4.78, 5) is 28.9. The number of carbonyl (C=O) groups excluding carboxylic acids is 1. The highest BCUT2D eigenvalue weighted by atomic mass is 31.2. The zero-order valence-electron chi connectivity index (χ0n) is 21.8. The van der Waals surface area contributed by atoms with Crippen LogP contribution in [0.1, 0.15) is 31.6 Å². The van der Waals surface area contributed by atoms with E-state index in [4.69, 9.17) is 24.3 Å². The molecule has 212 valence electrons. The molecule has 1 spiro atoms. The molecule has 2 aromatic carbocycles. The number of aromatic nitrogens is 2. The molecule has 1 saturated carbocycles. The van der Waals surface area contributed by atoms with Crippen molar-refractivity contribution in [3.63, 3.8) is 0 Å². The molecular formula is C27H31N4O8P. The Labute approximate surface area is 230 Å². The molecule has 1 unspecified atom stereocenters. The number of ether oxygens (including phenoxy) is 2. The number of nitrogens with zero attached hydrogens (tertiary/aromatic N) is 2. The van der Waals surface area contributed by atoms with Crippen molar-refractivity contribution in [1.29, 1.82) is 0 Å². The van der Waals surface area contributed by atoms with Crippen molar-refractivity contribution in [3.05, 3.63) is 89.0 Å². The van der Waals surface area contributed by atoms with E-state index in [0.717, 1.165) is 5.56 Å². The van der Waals surface area contributed by atoms with E-state index >= 15 is 0 Å². The molecule has 40 heavy (non-hydrogen) atoms. The fourth-order valence-corrected chi connectivity index (χ4v) is 6.18. The molecule has 2 fully saturated rings. The summed E-state index contributed by atoms with van der Waals surface area (Å²) >= 11 is 0. The van der Waals surface area contributed by atoms with Gasteiger partial charge in [-0.3, -0.25) is 13.9 Å². The quantitative estimate of drug-likeness (QED) is 0.229. The Morgan fingerprint density at radius 1 is 1.20 bits per heavy atom. The summed E-state index contributed by atoms with van der Waals surface area (Å²) in [5, 5.41) is 13.7. The number of hydrogen-bond acceptors (Lipinski definition) is 10. The first kappa shape index (κ1) is 28.0. The van der Waals surface area contributed by atoms with Crippen molar-refractivity contribution in [2.24, 2.45) is 5.41 Å². The first-order valence-electron chi connectivity index (χ1n) is 12.8. The van der Waals surface area contributed by atoms with Gasteiger partial charge in [-0.2, -0.15) is 10.1 Å². The number of benzene rings is 2. The second kappa shape index (κ2) is 11.5. The van der Waals surface area contributed by atoms with E-state index in [9.17, 15) is 19.3 Å². The maximum atomic E-state index is 13.9. The van der Waals surface area contributed by atoms with Crippen LogP contribution in [-0.2, 0) is 30.0 Å². The number of nitrogens with one attached hydrogen (secondary N) is 1. The van der Waals surface area contributed by atoms with E-state index in [1.807, 2.05) is 30.3 Å². The number of hydrogen-bond donors (Lipinski definition) is 3. The van der Waals surface area contributed by atoms with Gasteiger partial charge in [0, 0.05) is 11.6 Å². The van der Waals surface area contributed by atoms with Crippen LogP contribution in [-0.4, -0.2) is 45.5 Å². The molecule has 4 N–H and O–H groups in total. The fraction of sp³-hybridized carbons (Fsp3) is 0.370. The van der Waals surface area contributed by atoms with Gasteiger partial charge in [-0.05, 0) is 43.5 Å². The zero-order chi connectivity index (χ0) is 28.3. The lowest BCUT2D eigenvalue weighted by molar-refractivity contribution is -0.146. The van der Waals surface area contributed by atoms with E-state index in [-0.39, 0.29) is 24.8 Å². The van der Waals surface area contributed by atoms with Crippen LogP contribution in [0.3, 0.4) is 0 Å². The number of esters is 1. The van der Waals surface area contributed by atoms with Crippen LogP contribution >= 0.6 is 7.75 Å². The van der Waals surface area contributed by atoms with Gasteiger partial charge in [0.25, 0.3) is 0 Å². The number of rotatable bonds is 11. The number of nitrogen functional groups attached to an aromatic ring is 1. The third-order valence-corrected chi connectivity index (χ3v) is 8.62. The average molecular weight is 571 g/mol. The van der Waals surface area contributed by atoms with Crippen LogP contribution in [0.2, 0.25) is 0 Å². The van der Waals surface area contributed by atoms with E-state index < -0.39 is 49.3 Å². The normalized spacial score (nSPS) is 23.3. The molecule has 2 aliphatic rings. The molecular weight excluding hydrogens is 539 g/mol. The first-order valence-corrected chi connectivity index (χ1v) is 14.4. The summed E-state index contributed by atoms with van der Waals surface area (Å²) in [7, 11) is -4.19. The minimum atomic E-state index is -4.19. The van der Waals surface area contributed by atoms with Gasteiger partial charge in [0.1, 0.15) is 36.5 Å². The highest BCUT2D eigenvalue weighted by Crippen LogP contribution is 2.62. The largest absolute Gasteiger partial charge is 0.460 e. The number of para-hydroxylation sites is 1. The minimum absolute atomic E-state index is 0.0430. The zero-order valence-corrected chi connectivity index (χ0v) is 22.7. The smallest absolute Gasteiger partial charge is 0.459 e. The maximum Gasteiger partial charge on any atom is 0.459 e. The van der Waals surface area contributed by atoms with Crippen molar-refractivity contribution in [2.75, 3.05) is 12.3 Å². The molecule has 1 aromatic heterocycles. The van der Waals surface area contributed by atoms with Crippen molar-refractivity contribution < 1.29 is 33.0 Å². The predicted molar refractivity (Wildman–Crippen MR) is 144 cm³/mol. The number of aliphatic hydroxyl groups excluding tert-OH is 1. The Hall–Kier alpha value is -3.54. The summed E-state index contributed by atoms with van der Waals surface area (Å²) in [5.74, 6) is -0.341. The van der Waals surface area contributed by atoms with Crippen molar-refractivity contribution in [1.82, 2.24) is 14.6 Å². The molecule has 0 radical (unpaired) electrons. The molecule has 5 rings (SSSR count). The van der Waals surface area contributed by atoms with Crippen LogP contribution in [0.25, 0.3) is 0 Å². The molecule has 5 atom stereocenters. The molecule has 3 aromatic rings. The summed E-state index contributed by atoms with van der Waals surface area (Å²) < 4.78 is 38.0. The lowest BCUT2D eigenvalue weighted by atomic mass is 9.96. The molecule has 0 amide bonds. The highest BCUT2D eigenvalue weighted by Gasteiger charge is 2.64. The van der Waals surface area contributed by atoms with Gasteiger partial charge < -0.3 is 24.8 Å². The van der Waals surface area contributed by atoms with E-state index in [0.29, 0.717) is 12.8 Å². The summed E-state index contributed by atoms with van der Waals surface area (Å²) in [5.41, 5.74) is 5.10. The Bertz CT molecular complexity index is 1430. The Morgan fingerprint density at radius 2 is 1.88 bits per heavy atom. The average Bonchev–Trinajstić information content (AvgIpc) is 3.70. The van der Waals surface area contributed by atoms with Gasteiger partial charge in [-0.15, -0.1) is 0 Å². The Morgan fingerprint density at radius 3 is 2.52 bits per heavy atom. The lowest BCUT2D eigenvalue weighted by Gasteiger charge is -2.24. The third-order valence-electron chi connectivity index (χ3n) is 6.98. The van der Waals surface area contributed by atoms with Gasteiger partial charge in [0.15, 0.2) is 0 Å². The number of anilines is 1. The van der Waals surface area contributed by atoms with Gasteiger partial charge >= 0.3 is 19.4 Å². The maximum absolute atomic E-state index is 13.9. The van der Waals surface area contributed by atoms with Crippen LogP contribution in [0.4, 0.5) is 5.82 Å². The molecule has 1 aliphatic heterocycles. The molecule has 13 heteroatoms. The van der Waals surface area contributed by atoms with Crippen molar-refractivity contribution >= 4 is 19.5 Å². The fourth-order valence-electron chi connectivity index (χ4n) is 4.68. The number of nitrogens with two attached hydrogens (primary N) is 1. The van der Waals surface area contributed by atoms with Crippen LogP contribution in [0.15, 0.2) is 77.7 Å². The van der Waals surface area contributed by atoms with Crippen LogP contribution in [0, 0.1) is 5.41 Å². The predicted octanol–water partition coefficient (Wildman–Crippen LogP) is 2.79. The lowest BCUT2D eigenvalue weighted by Crippen LogP contribution is -2.37. The molecule has 12 nitrogen and oxygen atoms in total. The summed E-state index contributed by atoms with van der Waals surface area (Å²) in [6.07, 6.45) is -0.0446. The minimum Gasteiger partial charge on any atom is -0.460 e. The summed E-state index contributed by atoms with van der Waals surface area (Å²) in [6.45, 7) is 1.18. The third kappa shape index (κ3) is 6.11. The standard InChI is InChI=1S/C27H31N4O8P/c1-18(24(33)36-16-19-8-4-2-5-9-19)30-40(35,39-20-10-6-3-7-11-20)37-17-21-23(32)27(13-14-27)25(38-21)31-15-12-22(28)29-26(31)34/h2-12,15,18,21,23,25,32H,13-14,16-17H2,1H3,(H,30,35)(H2,28,29,34)/t18-,21+,23+,25+,40?/m0/s1. The second-order valence-corrected chi connectivity index (χ2v) is 11.6. The van der Waals surface area contributed by atoms with E-state index in [2.05, 4.69) is 10.1 Å². The molecule has 1 aliphatic carbocycles. The first-order chi connectivity index (χ1) is 19.2. The van der Waals surface area contributed by atoms with E-state index in [1.165, 1.54) is 23.8 Å². The Kier molecular flexibility index (Phi) is 8.07. The van der Waals surface area contributed by atoms with Crippen molar-refractivity contribution in [3.8, 4) is 5.75 Å².